The van der Waals surface area contributed by atoms with Crippen molar-refractivity contribution in [3.63, 3.8) is 0 Å². The minimum Gasteiger partial charge on any atom is -0.497 e. The van der Waals surface area contributed by atoms with Crippen LogP contribution in [0, 0.1) is 0 Å². The van der Waals surface area contributed by atoms with Crippen molar-refractivity contribution in [3.05, 3.63) is 54.1 Å². The molecule has 1 unspecified atom stereocenters. The summed E-state index contributed by atoms with van der Waals surface area (Å²) in [6.07, 6.45) is 0. The van der Waals surface area contributed by atoms with E-state index in [4.69, 9.17) is 4.74 Å². The monoisotopic (exact) mass is 418 g/mol. The molecular formula is C20H22N2O6S. The topological polar surface area (TPSA) is 119 Å². The lowest BCUT2D eigenvalue weighted by molar-refractivity contribution is -0.115. The van der Waals surface area contributed by atoms with Gasteiger partial charge >= 0.3 is 0 Å². The molecule has 29 heavy (non-hydrogen) atoms. The van der Waals surface area contributed by atoms with Gasteiger partial charge in [0.15, 0.2) is 15.6 Å². The maximum atomic E-state index is 12.4. The average Bonchev–Trinajstić information content (AvgIpc) is 2.67. The molecule has 2 rings (SSSR count). The summed E-state index contributed by atoms with van der Waals surface area (Å²) in [6, 6.07) is 12.5. The van der Waals surface area contributed by atoms with E-state index in [0.717, 1.165) is 0 Å². The van der Waals surface area contributed by atoms with Crippen molar-refractivity contribution in [1.82, 2.24) is 0 Å². The molecule has 2 aromatic carbocycles. The summed E-state index contributed by atoms with van der Waals surface area (Å²) in [6.45, 7) is 2.59. The number of ether oxygens (including phenoxy) is 1. The zero-order valence-electron chi connectivity index (χ0n) is 16.3. The average molecular weight is 418 g/mol. The fraction of sp³-hybridized carbons (Fsp3) is 0.250. The molecule has 1 atom stereocenters. The molecule has 0 aliphatic carbocycles. The van der Waals surface area contributed by atoms with E-state index in [2.05, 4.69) is 10.6 Å². The molecule has 0 spiro atoms. The van der Waals surface area contributed by atoms with E-state index in [1.807, 2.05) is 0 Å². The Labute approximate surface area is 169 Å². The van der Waals surface area contributed by atoms with Crippen LogP contribution in [-0.4, -0.2) is 44.1 Å². The highest BCUT2D eigenvalue weighted by molar-refractivity contribution is 7.93. The molecule has 9 heteroatoms. The summed E-state index contributed by atoms with van der Waals surface area (Å²) in [5.41, 5.74) is 1.09. The van der Waals surface area contributed by atoms with Crippen molar-refractivity contribution in [1.29, 1.82) is 0 Å². The van der Waals surface area contributed by atoms with Crippen molar-refractivity contribution < 1.29 is 27.5 Å². The Kier molecular flexibility index (Phi) is 7.11. The van der Waals surface area contributed by atoms with Gasteiger partial charge < -0.3 is 15.4 Å². The van der Waals surface area contributed by atoms with Crippen molar-refractivity contribution in [2.45, 2.75) is 19.1 Å². The molecule has 154 valence electrons. The molecule has 0 bridgehead atoms. The van der Waals surface area contributed by atoms with Crippen LogP contribution in [0.2, 0.25) is 0 Å². The van der Waals surface area contributed by atoms with E-state index >= 15 is 0 Å². The molecule has 0 aliphatic rings. The Balaban J connectivity index is 2.01. The number of carbonyl (C=O) groups excluding carboxylic acids is 3. The summed E-state index contributed by atoms with van der Waals surface area (Å²) < 4.78 is 29.9. The highest BCUT2D eigenvalue weighted by Crippen LogP contribution is 2.16. The first-order valence-electron chi connectivity index (χ1n) is 8.69. The second-order valence-corrected chi connectivity index (χ2v) is 8.67. The van der Waals surface area contributed by atoms with Crippen LogP contribution in [0.1, 0.15) is 24.2 Å². The van der Waals surface area contributed by atoms with E-state index in [9.17, 15) is 22.8 Å². The van der Waals surface area contributed by atoms with Crippen LogP contribution < -0.4 is 15.4 Å². The molecule has 0 fully saturated rings. The summed E-state index contributed by atoms with van der Waals surface area (Å²) in [7, 11) is -2.55. The SMILES string of the molecule is COc1ccc(NC(=O)CS(=O)(=O)C(C)C(=O)Nc2cccc(C(C)=O)c2)cc1. The predicted molar refractivity (Wildman–Crippen MR) is 110 cm³/mol. The molecule has 0 saturated heterocycles. The number of hydrogen-bond acceptors (Lipinski definition) is 6. The van der Waals surface area contributed by atoms with Gasteiger partial charge in [0.25, 0.3) is 0 Å². The van der Waals surface area contributed by atoms with Gasteiger partial charge in [-0.2, -0.15) is 0 Å². The molecule has 2 aromatic rings. The number of benzene rings is 2. The number of amides is 2. The summed E-state index contributed by atoms with van der Waals surface area (Å²) in [4.78, 5) is 35.9. The van der Waals surface area contributed by atoms with Gasteiger partial charge in [0.1, 0.15) is 16.8 Å². The third kappa shape index (κ3) is 6.15. The van der Waals surface area contributed by atoms with Gasteiger partial charge in [-0.05, 0) is 50.2 Å². The number of anilines is 2. The van der Waals surface area contributed by atoms with E-state index in [-0.39, 0.29) is 5.78 Å². The maximum Gasteiger partial charge on any atom is 0.242 e. The Morgan fingerprint density at radius 3 is 2.24 bits per heavy atom. The molecule has 2 amide bonds. The van der Waals surface area contributed by atoms with E-state index in [1.54, 1.807) is 42.5 Å². The van der Waals surface area contributed by atoms with E-state index in [1.165, 1.54) is 27.0 Å². The zero-order valence-corrected chi connectivity index (χ0v) is 17.1. The van der Waals surface area contributed by atoms with Gasteiger partial charge in [-0.25, -0.2) is 8.42 Å². The second-order valence-electron chi connectivity index (χ2n) is 6.35. The molecular weight excluding hydrogens is 396 g/mol. The summed E-state index contributed by atoms with van der Waals surface area (Å²) in [5, 5.41) is 3.48. The number of sulfone groups is 1. The van der Waals surface area contributed by atoms with Crippen LogP contribution in [0.25, 0.3) is 0 Å². The third-order valence-corrected chi connectivity index (χ3v) is 6.11. The predicted octanol–water partition coefficient (Wildman–Crippen LogP) is 2.28. The third-order valence-electron chi connectivity index (χ3n) is 4.15. The van der Waals surface area contributed by atoms with E-state index < -0.39 is 32.7 Å². The van der Waals surface area contributed by atoms with Gasteiger partial charge in [0.2, 0.25) is 11.8 Å². The molecule has 0 radical (unpaired) electrons. The Morgan fingerprint density at radius 1 is 1.00 bits per heavy atom. The Morgan fingerprint density at radius 2 is 1.66 bits per heavy atom. The van der Waals surface area contributed by atoms with Crippen LogP contribution in [0.5, 0.6) is 5.75 Å². The largest absolute Gasteiger partial charge is 0.497 e. The number of rotatable bonds is 8. The number of nitrogens with one attached hydrogen (secondary N) is 2. The molecule has 8 nitrogen and oxygen atoms in total. The first-order chi connectivity index (χ1) is 13.6. The number of Topliss-reactive ketones (excluding diaryl/α,β-unsaturated/α-hetero) is 1. The first kappa shape index (κ1) is 22.1. The van der Waals surface area contributed by atoms with Gasteiger partial charge in [-0.15, -0.1) is 0 Å². The lowest BCUT2D eigenvalue weighted by atomic mass is 10.1. The van der Waals surface area contributed by atoms with Crippen molar-refractivity contribution in [2.75, 3.05) is 23.5 Å². The Bertz CT molecular complexity index is 1020. The first-order valence-corrected chi connectivity index (χ1v) is 10.4. The smallest absolute Gasteiger partial charge is 0.242 e. The zero-order chi connectivity index (χ0) is 21.6. The van der Waals surface area contributed by atoms with Gasteiger partial charge in [0.05, 0.1) is 7.11 Å². The van der Waals surface area contributed by atoms with Crippen molar-refractivity contribution >= 4 is 38.8 Å². The van der Waals surface area contributed by atoms with Gasteiger partial charge in [-0.1, -0.05) is 12.1 Å². The molecule has 2 N–H and O–H groups in total. The fourth-order valence-corrected chi connectivity index (χ4v) is 3.47. The Hall–Kier alpha value is -3.20. The van der Waals surface area contributed by atoms with Crippen LogP contribution >= 0.6 is 0 Å². The van der Waals surface area contributed by atoms with E-state index in [0.29, 0.717) is 22.7 Å². The second kappa shape index (κ2) is 9.33. The summed E-state index contributed by atoms with van der Waals surface area (Å²) in [5.74, 6) is -1.98. The molecule has 0 aliphatic heterocycles. The summed E-state index contributed by atoms with van der Waals surface area (Å²) >= 11 is 0. The number of hydrogen-bond donors (Lipinski definition) is 2. The molecule has 0 aromatic heterocycles. The normalized spacial score (nSPS) is 12.0. The maximum absolute atomic E-state index is 12.4. The highest BCUT2D eigenvalue weighted by atomic mass is 32.2. The highest BCUT2D eigenvalue weighted by Gasteiger charge is 2.30. The standard InChI is InChI=1S/C20H22N2O6S/c1-13(23)15-5-4-6-17(11-15)22-20(25)14(2)29(26,27)12-19(24)21-16-7-9-18(28-3)10-8-16/h4-11,14H,12H2,1-3H3,(H,21,24)(H,22,25). The van der Waals surface area contributed by atoms with Crippen LogP contribution in [0.4, 0.5) is 11.4 Å². The van der Waals surface area contributed by atoms with Crippen molar-refractivity contribution in [2.24, 2.45) is 0 Å². The minimum absolute atomic E-state index is 0.183. The van der Waals surface area contributed by atoms with Gasteiger partial charge in [-0.3, -0.25) is 14.4 Å². The van der Waals surface area contributed by atoms with Crippen LogP contribution in [-0.2, 0) is 19.4 Å². The number of carbonyl (C=O) groups is 3. The lowest BCUT2D eigenvalue weighted by Crippen LogP contribution is -2.37. The van der Waals surface area contributed by atoms with Crippen LogP contribution in [0.15, 0.2) is 48.5 Å². The molecule has 0 heterocycles. The lowest BCUT2D eigenvalue weighted by Gasteiger charge is -2.14. The minimum atomic E-state index is -4.05. The van der Waals surface area contributed by atoms with Crippen molar-refractivity contribution in [3.8, 4) is 5.75 Å². The van der Waals surface area contributed by atoms with Crippen LogP contribution in [0.3, 0.4) is 0 Å². The quantitative estimate of drug-likeness (QED) is 0.635. The van der Waals surface area contributed by atoms with Gasteiger partial charge in [0, 0.05) is 16.9 Å². The number of methoxy groups -OCH3 is 1. The molecule has 0 saturated carbocycles. The number of ketones is 1. The fourth-order valence-electron chi connectivity index (χ4n) is 2.40.